The molecule has 11 nitrogen and oxygen atoms in total. The molecule has 0 aromatic heterocycles. The van der Waals surface area contributed by atoms with Crippen LogP contribution in [0.25, 0.3) is 0 Å². The van der Waals surface area contributed by atoms with Crippen molar-refractivity contribution in [2.24, 2.45) is 0 Å². The molecule has 0 radical (unpaired) electrons. The Balaban J connectivity index is 1.61. The van der Waals surface area contributed by atoms with E-state index in [1.807, 2.05) is 0 Å². The predicted octanol–water partition coefficient (Wildman–Crippen LogP) is -0.812. The third-order valence-electron chi connectivity index (χ3n) is 4.74. The summed E-state index contributed by atoms with van der Waals surface area (Å²) in [7, 11) is 0. The van der Waals surface area contributed by atoms with Crippen molar-refractivity contribution >= 4 is 35.8 Å². The van der Waals surface area contributed by atoms with Gasteiger partial charge in [-0.1, -0.05) is 6.07 Å². The fraction of sp³-hybridized carbons (Fsp3) is 0.400. The molecule has 1 saturated heterocycles. The second-order valence-electron chi connectivity index (χ2n) is 6.83. The van der Waals surface area contributed by atoms with E-state index in [9.17, 15) is 28.8 Å². The third-order valence-corrected chi connectivity index (χ3v) is 4.74. The fourth-order valence-electron chi connectivity index (χ4n) is 3.29. The van der Waals surface area contributed by atoms with Gasteiger partial charge >= 0.3 is 0 Å². The summed E-state index contributed by atoms with van der Waals surface area (Å²) in [6, 6.07) is 3.31. The Morgan fingerprint density at radius 3 is 2.74 bits per heavy atom. The molecule has 0 aliphatic carbocycles. The molecule has 1 aromatic rings. The largest absolute Gasteiger partial charge is 0.483 e. The second-order valence-corrected chi connectivity index (χ2v) is 6.83. The number of nitrogens with one attached hydrogen (secondary N) is 2. The van der Waals surface area contributed by atoms with Gasteiger partial charge in [-0.25, -0.2) is 0 Å². The van der Waals surface area contributed by atoms with Gasteiger partial charge in [0.1, 0.15) is 18.1 Å². The zero-order valence-corrected chi connectivity index (χ0v) is 16.5. The number of nitrogens with zero attached hydrogens (tertiary/aromatic N) is 1. The number of hydrogen-bond donors (Lipinski definition) is 2. The smallest absolute Gasteiger partial charge is 0.266 e. The third kappa shape index (κ3) is 4.94. The van der Waals surface area contributed by atoms with E-state index in [-0.39, 0.29) is 55.9 Å². The molecule has 11 heteroatoms. The molecule has 2 heterocycles. The number of ether oxygens (including phenoxy) is 2. The molecule has 2 N–H and O–H groups in total. The molecule has 1 unspecified atom stereocenters. The summed E-state index contributed by atoms with van der Waals surface area (Å²) in [6.45, 7) is 0.319. The Bertz CT molecular complexity index is 929. The number of imide groups is 2. The standard InChI is InChI=1S/C20H21N3O8/c24-8-2-9-30-10-7-21-16(26)11-31-14-4-1-3-12-17(14)20(29)23(19(12)28)13-5-6-15(25)22-18(13)27/h1,3-4,8,13H,2,5-7,9-11H2,(H,21,26)(H,22,25,27). The maximum Gasteiger partial charge on any atom is 0.266 e. The van der Waals surface area contributed by atoms with Gasteiger partial charge in [0.2, 0.25) is 11.8 Å². The molecular formula is C20H21N3O8. The van der Waals surface area contributed by atoms with Gasteiger partial charge in [0, 0.05) is 19.4 Å². The van der Waals surface area contributed by atoms with Crippen LogP contribution in [-0.4, -0.2) is 73.1 Å². The summed E-state index contributed by atoms with van der Waals surface area (Å²) in [6.07, 6.45) is 1.08. The minimum atomic E-state index is -1.08. The molecule has 3 rings (SSSR count). The maximum atomic E-state index is 12.9. The highest BCUT2D eigenvalue weighted by atomic mass is 16.5. The van der Waals surface area contributed by atoms with Gasteiger partial charge in [-0.2, -0.15) is 0 Å². The van der Waals surface area contributed by atoms with Crippen LogP contribution in [0.15, 0.2) is 18.2 Å². The molecule has 164 valence electrons. The highest BCUT2D eigenvalue weighted by Crippen LogP contribution is 2.33. The lowest BCUT2D eigenvalue weighted by Crippen LogP contribution is -2.54. The van der Waals surface area contributed by atoms with E-state index in [2.05, 4.69) is 10.6 Å². The van der Waals surface area contributed by atoms with E-state index in [4.69, 9.17) is 9.47 Å². The van der Waals surface area contributed by atoms with Gasteiger partial charge in [0.05, 0.1) is 24.3 Å². The summed E-state index contributed by atoms with van der Waals surface area (Å²) in [5.41, 5.74) is 0.0402. The van der Waals surface area contributed by atoms with Gasteiger partial charge < -0.3 is 19.6 Å². The number of aldehydes is 1. The SMILES string of the molecule is O=CCCOCCNC(=O)COc1cccc2c1C(=O)N(C1CCC(=O)NC1=O)C2=O. The number of rotatable bonds is 10. The predicted molar refractivity (Wildman–Crippen MR) is 103 cm³/mol. The van der Waals surface area contributed by atoms with Crippen LogP contribution in [0.2, 0.25) is 0 Å². The summed E-state index contributed by atoms with van der Waals surface area (Å²) < 4.78 is 10.6. The van der Waals surface area contributed by atoms with Crippen LogP contribution in [0.5, 0.6) is 5.75 Å². The summed E-state index contributed by atoms with van der Waals surface area (Å²) in [4.78, 5) is 72.1. The number of hydrogen-bond acceptors (Lipinski definition) is 8. The molecule has 0 spiro atoms. The summed E-state index contributed by atoms with van der Waals surface area (Å²) in [5.74, 6) is -2.95. The second kappa shape index (κ2) is 9.94. The molecule has 31 heavy (non-hydrogen) atoms. The van der Waals surface area contributed by atoms with Crippen LogP contribution >= 0.6 is 0 Å². The maximum absolute atomic E-state index is 12.9. The van der Waals surface area contributed by atoms with Gasteiger partial charge in [0.25, 0.3) is 17.7 Å². The lowest BCUT2D eigenvalue weighted by Gasteiger charge is -2.27. The fourth-order valence-corrected chi connectivity index (χ4v) is 3.29. The van der Waals surface area contributed by atoms with Crippen LogP contribution in [0.3, 0.4) is 0 Å². The Hall–Kier alpha value is -3.60. The van der Waals surface area contributed by atoms with E-state index in [0.717, 1.165) is 11.2 Å². The summed E-state index contributed by atoms with van der Waals surface area (Å²) in [5, 5.41) is 4.69. The van der Waals surface area contributed by atoms with Crippen molar-refractivity contribution in [1.29, 1.82) is 0 Å². The average molecular weight is 431 g/mol. The van der Waals surface area contributed by atoms with Crippen LogP contribution in [-0.2, 0) is 23.9 Å². The first-order chi connectivity index (χ1) is 14.9. The van der Waals surface area contributed by atoms with E-state index < -0.39 is 42.2 Å². The average Bonchev–Trinajstić information content (AvgIpc) is 3.00. The number of piperidine rings is 1. The number of carbonyl (C=O) groups is 6. The number of benzene rings is 1. The number of amides is 5. The molecule has 0 bridgehead atoms. The lowest BCUT2D eigenvalue weighted by molar-refractivity contribution is -0.136. The molecule has 2 aliphatic rings. The summed E-state index contributed by atoms with van der Waals surface area (Å²) >= 11 is 0. The van der Waals surface area contributed by atoms with Crippen molar-refractivity contribution in [3.8, 4) is 5.75 Å². The highest BCUT2D eigenvalue weighted by Gasteiger charge is 2.46. The number of fused-ring (bicyclic) bond motifs is 1. The van der Waals surface area contributed by atoms with Crippen molar-refractivity contribution < 1.29 is 38.2 Å². The molecular weight excluding hydrogens is 410 g/mol. The quantitative estimate of drug-likeness (QED) is 0.278. The molecule has 5 amide bonds. The van der Waals surface area contributed by atoms with Crippen molar-refractivity contribution in [2.45, 2.75) is 25.3 Å². The number of carbonyl (C=O) groups excluding carboxylic acids is 6. The minimum absolute atomic E-state index is 0.0200. The normalized spacial score (nSPS) is 17.9. The minimum Gasteiger partial charge on any atom is -0.483 e. The molecule has 0 saturated carbocycles. The molecule has 1 aromatic carbocycles. The van der Waals surface area contributed by atoms with Gasteiger partial charge in [0.15, 0.2) is 6.61 Å². The van der Waals surface area contributed by atoms with Gasteiger partial charge in [-0.05, 0) is 18.6 Å². The van der Waals surface area contributed by atoms with Crippen molar-refractivity contribution in [1.82, 2.24) is 15.5 Å². The Morgan fingerprint density at radius 1 is 1.19 bits per heavy atom. The van der Waals surface area contributed by atoms with E-state index in [1.165, 1.54) is 18.2 Å². The Morgan fingerprint density at radius 2 is 2.00 bits per heavy atom. The Kier molecular flexibility index (Phi) is 7.08. The molecule has 1 fully saturated rings. The van der Waals surface area contributed by atoms with Crippen LogP contribution in [0, 0.1) is 0 Å². The van der Waals surface area contributed by atoms with Gasteiger partial charge in [-0.15, -0.1) is 0 Å². The van der Waals surface area contributed by atoms with E-state index in [0.29, 0.717) is 0 Å². The van der Waals surface area contributed by atoms with Crippen LogP contribution < -0.4 is 15.4 Å². The van der Waals surface area contributed by atoms with Crippen LogP contribution in [0.1, 0.15) is 40.0 Å². The Labute approximate surface area is 177 Å². The first-order valence-corrected chi connectivity index (χ1v) is 9.69. The molecule has 2 aliphatic heterocycles. The topological polar surface area (TPSA) is 148 Å². The van der Waals surface area contributed by atoms with Crippen molar-refractivity contribution in [3.05, 3.63) is 29.3 Å². The van der Waals surface area contributed by atoms with E-state index >= 15 is 0 Å². The van der Waals surface area contributed by atoms with E-state index in [1.54, 1.807) is 0 Å². The first-order valence-electron chi connectivity index (χ1n) is 9.69. The zero-order valence-electron chi connectivity index (χ0n) is 16.5. The lowest BCUT2D eigenvalue weighted by atomic mass is 10.0. The van der Waals surface area contributed by atoms with Gasteiger partial charge in [-0.3, -0.25) is 34.2 Å². The van der Waals surface area contributed by atoms with Crippen molar-refractivity contribution in [2.75, 3.05) is 26.4 Å². The monoisotopic (exact) mass is 431 g/mol. The van der Waals surface area contributed by atoms with Crippen LogP contribution in [0.4, 0.5) is 0 Å². The highest BCUT2D eigenvalue weighted by molar-refractivity contribution is 6.24. The van der Waals surface area contributed by atoms with Crippen molar-refractivity contribution in [3.63, 3.8) is 0 Å². The first kappa shape index (κ1) is 22.1. The molecule has 1 atom stereocenters. The zero-order chi connectivity index (χ0) is 22.4.